The third-order valence-corrected chi connectivity index (χ3v) is 4.62. The summed E-state index contributed by atoms with van der Waals surface area (Å²) in [6, 6.07) is 13.9. The summed E-state index contributed by atoms with van der Waals surface area (Å²) >= 11 is 3.38. The van der Waals surface area contributed by atoms with E-state index >= 15 is 0 Å². The van der Waals surface area contributed by atoms with Gasteiger partial charge in [0.15, 0.2) is 0 Å². The molecule has 5 heteroatoms. The third kappa shape index (κ3) is 3.36. The van der Waals surface area contributed by atoms with Crippen molar-refractivity contribution in [3.63, 3.8) is 0 Å². The van der Waals surface area contributed by atoms with Crippen LogP contribution in [0.2, 0.25) is 0 Å². The highest BCUT2D eigenvalue weighted by Crippen LogP contribution is 2.24. The van der Waals surface area contributed by atoms with Crippen LogP contribution in [-0.2, 0) is 16.4 Å². The Morgan fingerprint density at radius 3 is 2.42 bits per heavy atom. The number of benzene rings is 2. The molecule has 0 aliphatic carbocycles. The number of aryl methyl sites for hydroxylation is 1. The molecule has 1 N–H and O–H groups in total. The first kappa shape index (κ1) is 14.1. The summed E-state index contributed by atoms with van der Waals surface area (Å²) in [5, 5.41) is 0. The minimum Gasteiger partial charge on any atom is -0.279 e. The van der Waals surface area contributed by atoms with Gasteiger partial charge in [0.05, 0.1) is 10.6 Å². The molecule has 19 heavy (non-hydrogen) atoms. The van der Waals surface area contributed by atoms with Crippen molar-refractivity contribution in [1.82, 2.24) is 0 Å². The van der Waals surface area contributed by atoms with E-state index in [2.05, 4.69) is 20.7 Å². The van der Waals surface area contributed by atoms with Crippen molar-refractivity contribution in [2.45, 2.75) is 18.2 Å². The van der Waals surface area contributed by atoms with E-state index in [-0.39, 0.29) is 4.90 Å². The molecule has 2 aromatic rings. The lowest BCUT2D eigenvalue weighted by atomic mass is 10.1. The Hall–Kier alpha value is -1.33. The maximum atomic E-state index is 12.2. The highest BCUT2D eigenvalue weighted by Gasteiger charge is 2.15. The first-order valence-electron chi connectivity index (χ1n) is 5.89. The number of nitrogens with one attached hydrogen (secondary N) is 1. The van der Waals surface area contributed by atoms with Gasteiger partial charge in [0.25, 0.3) is 10.0 Å². The minimum atomic E-state index is -3.52. The predicted octanol–water partition coefficient (Wildman–Crippen LogP) is 3.81. The van der Waals surface area contributed by atoms with Crippen molar-refractivity contribution in [3.8, 4) is 0 Å². The van der Waals surface area contributed by atoms with Crippen LogP contribution in [0.1, 0.15) is 12.5 Å². The molecular weight excluding hydrogens is 326 g/mol. The van der Waals surface area contributed by atoms with Crippen molar-refractivity contribution < 1.29 is 8.42 Å². The zero-order chi connectivity index (χ0) is 13.9. The molecule has 0 bridgehead atoms. The van der Waals surface area contributed by atoms with Gasteiger partial charge < -0.3 is 0 Å². The summed E-state index contributed by atoms with van der Waals surface area (Å²) < 4.78 is 28.0. The molecule has 0 saturated heterocycles. The van der Waals surface area contributed by atoms with Gasteiger partial charge in [-0.1, -0.05) is 41.1 Å². The van der Waals surface area contributed by atoms with Crippen LogP contribution in [-0.4, -0.2) is 8.42 Å². The van der Waals surface area contributed by atoms with Gasteiger partial charge in [-0.2, -0.15) is 0 Å². The van der Waals surface area contributed by atoms with Gasteiger partial charge in [0.1, 0.15) is 0 Å². The van der Waals surface area contributed by atoms with Gasteiger partial charge in [-0.15, -0.1) is 0 Å². The zero-order valence-electron chi connectivity index (χ0n) is 10.4. The van der Waals surface area contributed by atoms with E-state index in [0.29, 0.717) is 5.69 Å². The fourth-order valence-electron chi connectivity index (χ4n) is 1.76. The smallest absolute Gasteiger partial charge is 0.261 e. The molecule has 2 rings (SSSR count). The predicted molar refractivity (Wildman–Crippen MR) is 80.8 cm³/mol. The lowest BCUT2D eigenvalue weighted by Crippen LogP contribution is -2.14. The van der Waals surface area contributed by atoms with Crippen LogP contribution >= 0.6 is 15.9 Å². The van der Waals surface area contributed by atoms with Crippen LogP contribution in [0, 0.1) is 0 Å². The lowest BCUT2D eigenvalue weighted by Gasteiger charge is -2.12. The molecule has 0 saturated carbocycles. The summed E-state index contributed by atoms with van der Waals surface area (Å²) in [6.45, 7) is 1.99. The number of rotatable bonds is 4. The second-order valence-electron chi connectivity index (χ2n) is 4.07. The van der Waals surface area contributed by atoms with E-state index in [0.717, 1.165) is 16.5 Å². The van der Waals surface area contributed by atoms with Crippen LogP contribution in [0.15, 0.2) is 57.9 Å². The van der Waals surface area contributed by atoms with Crippen molar-refractivity contribution in [1.29, 1.82) is 0 Å². The van der Waals surface area contributed by atoms with E-state index < -0.39 is 10.0 Å². The minimum absolute atomic E-state index is 0.264. The summed E-state index contributed by atoms with van der Waals surface area (Å²) in [5.74, 6) is 0. The van der Waals surface area contributed by atoms with Gasteiger partial charge in [-0.05, 0) is 42.3 Å². The second-order valence-corrected chi connectivity index (χ2v) is 6.67. The molecule has 0 atom stereocenters. The lowest BCUT2D eigenvalue weighted by molar-refractivity contribution is 0.601. The van der Waals surface area contributed by atoms with Crippen molar-refractivity contribution in [2.24, 2.45) is 0 Å². The number of sulfonamides is 1. The normalized spacial score (nSPS) is 11.3. The molecule has 2 aromatic carbocycles. The van der Waals surface area contributed by atoms with Crippen LogP contribution in [0.25, 0.3) is 0 Å². The summed E-state index contributed by atoms with van der Waals surface area (Å²) in [7, 11) is -3.52. The van der Waals surface area contributed by atoms with Crippen LogP contribution in [0.4, 0.5) is 5.69 Å². The molecule has 0 radical (unpaired) electrons. The van der Waals surface area contributed by atoms with E-state index in [9.17, 15) is 8.42 Å². The fourth-order valence-corrected chi connectivity index (χ4v) is 3.29. The van der Waals surface area contributed by atoms with E-state index in [1.54, 1.807) is 36.4 Å². The number of anilines is 1. The summed E-state index contributed by atoms with van der Waals surface area (Å²) in [6.07, 6.45) is 0.756. The SMILES string of the molecule is CCc1cc(Br)ccc1NS(=O)(=O)c1ccccc1. The Bertz CT molecular complexity index is 669. The second kappa shape index (κ2) is 5.75. The van der Waals surface area contributed by atoms with Gasteiger partial charge in [0.2, 0.25) is 0 Å². The molecule has 100 valence electrons. The molecule has 0 amide bonds. The highest BCUT2D eigenvalue weighted by atomic mass is 79.9. The average molecular weight is 340 g/mol. The molecule has 0 aliphatic heterocycles. The Labute approximate surface area is 121 Å². The van der Waals surface area contributed by atoms with Crippen molar-refractivity contribution in [3.05, 3.63) is 58.6 Å². The summed E-state index contributed by atoms with van der Waals surface area (Å²) in [4.78, 5) is 0.264. The first-order valence-corrected chi connectivity index (χ1v) is 8.17. The van der Waals surface area contributed by atoms with Crippen LogP contribution < -0.4 is 4.72 Å². The Kier molecular flexibility index (Phi) is 4.27. The highest BCUT2D eigenvalue weighted by molar-refractivity contribution is 9.10. The van der Waals surface area contributed by atoms with Crippen molar-refractivity contribution >= 4 is 31.6 Å². The van der Waals surface area contributed by atoms with E-state index in [1.165, 1.54) is 0 Å². The molecule has 0 unspecified atom stereocenters. The molecule has 0 spiro atoms. The Balaban J connectivity index is 2.36. The molecule has 0 fully saturated rings. The van der Waals surface area contributed by atoms with Gasteiger partial charge in [0, 0.05) is 4.47 Å². The zero-order valence-corrected chi connectivity index (χ0v) is 12.8. The molecule has 0 aromatic heterocycles. The fraction of sp³-hybridized carbons (Fsp3) is 0.143. The Morgan fingerprint density at radius 2 is 1.79 bits per heavy atom. The van der Waals surface area contributed by atoms with E-state index in [4.69, 9.17) is 0 Å². The monoisotopic (exact) mass is 339 g/mol. The van der Waals surface area contributed by atoms with Gasteiger partial charge in [-0.3, -0.25) is 4.72 Å². The quantitative estimate of drug-likeness (QED) is 0.920. The molecular formula is C14H14BrNO2S. The van der Waals surface area contributed by atoms with Gasteiger partial charge in [-0.25, -0.2) is 8.42 Å². The maximum absolute atomic E-state index is 12.2. The first-order chi connectivity index (χ1) is 9.03. The number of hydrogen-bond donors (Lipinski definition) is 1. The topological polar surface area (TPSA) is 46.2 Å². The summed E-state index contributed by atoms with van der Waals surface area (Å²) in [5.41, 5.74) is 1.57. The van der Waals surface area contributed by atoms with Crippen molar-refractivity contribution in [2.75, 3.05) is 4.72 Å². The number of hydrogen-bond acceptors (Lipinski definition) is 2. The Morgan fingerprint density at radius 1 is 1.11 bits per heavy atom. The van der Waals surface area contributed by atoms with E-state index in [1.807, 2.05) is 19.1 Å². The molecule has 0 heterocycles. The number of halogens is 1. The largest absolute Gasteiger partial charge is 0.279 e. The molecule has 0 aliphatic rings. The van der Waals surface area contributed by atoms with Crippen LogP contribution in [0.3, 0.4) is 0 Å². The molecule has 3 nitrogen and oxygen atoms in total. The van der Waals surface area contributed by atoms with Gasteiger partial charge >= 0.3 is 0 Å². The average Bonchev–Trinajstić information content (AvgIpc) is 2.41. The van der Waals surface area contributed by atoms with Crippen LogP contribution in [0.5, 0.6) is 0 Å². The third-order valence-electron chi connectivity index (χ3n) is 2.75. The maximum Gasteiger partial charge on any atom is 0.261 e. The standard InChI is InChI=1S/C14H14BrNO2S/c1-2-11-10-12(15)8-9-14(11)16-19(17,18)13-6-4-3-5-7-13/h3-10,16H,2H2,1H3.